The summed E-state index contributed by atoms with van der Waals surface area (Å²) in [5.74, 6) is 0.656. The fourth-order valence-corrected chi connectivity index (χ4v) is 3.51. The third kappa shape index (κ3) is 3.16. The Labute approximate surface area is 144 Å². The van der Waals surface area contributed by atoms with Crippen molar-refractivity contribution in [1.82, 2.24) is 5.32 Å². The van der Waals surface area contributed by atoms with Crippen molar-refractivity contribution < 1.29 is 9.21 Å². The molecule has 1 fully saturated rings. The molecule has 22 heavy (non-hydrogen) atoms. The Kier molecular flexibility index (Phi) is 5.53. The molecule has 1 amide bonds. The van der Waals surface area contributed by atoms with E-state index in [9.17, 15) is 4.79 Å². The number of carbonyl (C=O) groups excluding carboxylic acids is 1. The normalized spacial score (nSPS) is 20.9. The Morgan fingerprint density at radius 3 is 2.95 bits per heavy atom. The fourth-order valence-electron chi connectivity index (χ4n) is 3.15. The van der Waals surface area contributed by atoms with Crippen LogP contribution < -0.4 is 11.1 Å². The van der Waals surface area contributed by atoms with E-state index in [0.717, 1.165) is 40.3 Å². The van der Waals surface area contributed by atoms with Crippen LogP contribution in [0.3, 0.4) is 0 Å². The standard InChI is InChI=1S/C16H19BrN2O2.ClH/c1-9-12-7-11(17)5-6-14(12)21-15(9)16(20)19-13-4-2-3-10(13)8-18;/h5-7,10,13H,2-4,8,18H2,1H3,(H,19,20);1H. The lowest BCUT2D eigenvalue weighted by molar-refractivity contribution is 0.0902. The number of hydrogen-bond acceptors (Lipinski definition) is 3. The number of aryl methyl sites for hydroxylation is 1. The highest BCUT2D eigenvalue weighted by atomic mass is 79.9. The third-order valence-corrected chi connectivity index (χ3v) is 4.88. The van der Waals surface area contributed by atoms with E-state index < -0.39 is 0 Å². The number of benzene rings is 1. The number of hydrogen-bond donors (Lipinski definition) is 2. The first-order valence-electron chi connectivity index (χ1n) is 7.29. The molecule has 2 aromatic rings. The van der Waals surface area contributed by atoms with E-state index in [1.807, 2.05) is 25.1 Å². The highest BCUT2D eigenvalue weighted by Crippen LogP contribution is 2.29. The number of furan rings is 1. The zero-order valence-corrected chi connectivity index (χ0v) is 14.8. The van der Waals surface area contributed by atoms with Crippen molar-refractivity contribution in [2.24, 2.45) is 11.7 Å². The summed E-state index contributed by atoms with van der Waals surface area (Å²) in [5.41, 5.74) is 7.39. The van der Waals surface area contributed by atoms with Crippen LogP contribution in [-0.4, -0.2) is 18.5 Å². The molecule has 1 aromatic carbocycles. The molecule has 0 radical (unpaired) electrons. The summed E-state index contributed by atoms with van der Waals surface area (Å²) < 4.78 is 6.71. The second-order valence-electron chi connectivity index (χ2n) is 5.70. The quantitative estimate of drug-likeness (QED) is 0.842. The van der Waals surface area contributed by atoms with Gasteiger partial charge in [-0.2, -0.15) is 0 Å². The predicted octanol–water partition coefficient (Wildman–Crippen LogP) is 3.78. The van der Waals surface area contributed by atoms with Crippen molar-refractivity contribution in [1.29, 1.82) is 0 Å². The monoisotopic (exact) mass is 386 g/mol. The first kappa shape index (κ1) is 17.3. The summed E-state index contributed by atoms with van der Waals surface area (Å²) in [7, 11) is 0. The summed E-state index contributed by atoms with van der Waals surface area (Å²) in [6.45, 7) is 2.54. The van der Waals surface area contributed by atoms with Crippen molar-refractivity contribution in [2.75, 3.05) is 6.54 Å². The highest BCUT2D eigenvalue weighted by molar-refractivity contribution is 9.10. The van der Waals surface area contributed by atoms with Crippen molar-refractivity contribution in [3.63, 3.8) is 0 Å². The van der Waals surface area contributed by atoms with Gasteiger partial charge in [-0.1, -0.05) is 22.4 Å². The molecule has 2 unspecified atom stereocenters. The molecule has 1 heterocycles. The van der Waals surface area contributed by atoms with Crippen molar-refractivity contribution >= 4 is 45.2 Å². The maximum absolute atomic E-state index is 12.5. The second-order valence-corrected chi connectivity index (χ2v) is 6.62. The molecule has 0 bridgehead atoms. The molecule has 4 nitrogen and oxygen atoms in total. The van der Waals surface area contributed by atoms with E-state index in [1.54, 1.807) is 0 Å². The molecule has 1 saturated carbocycles. The van der Waals surface area contributed by atoms with Crippen molar-refractivity contribution in [2.45, 2.75) is 32.2 Å². The molecule has 1 aliphatic carbocycles. The molecular formula is C16H20BrClN2O2. The van der Waals surface area contributed by atoms with E-state index in [4.69, 9.17) is 10.2 Å². The predicted molar refractivity (Wildman–Crippen MR) is 93.5 cm³/mol. The van der Waals surface area contributed by atoms with Crippen LogP contribution in [0.25, 0.3) is 11.0 Å². The summed E-state index contributed by atoms with van der Waals surface area (Å²) in [6.07, 6.45) is 3.21. The molecule has 1 aromatic heterocycles. The summed E-state index contributed by atoms with van der Waals surface area (Å²) in [4.78, 5) is 12.5. The average molecular weight is 388 g/mol. The molecule has 0 spiro atoms. The van der Waals surface area contributed by atoms with E-state index in [0.29, 0.717) is 18.2 Å². The van der Waals surface area contributed by atoms with E-state index in [1.165, 1.54) is 0 Å². The maximum atomic E-state index is 12.5. The van der Waals surface area contributed by atoms with Crippen LogP contribution in [-0.2, 0) is 0 Å². The maximum Gasteiger partial charge on any atom is 0.287 e. The Hall–Kier alpha value is -1.04. The van der Waals surface area contributed by atoms with Crippen molar-refractivity contribution in [3.05, 3.63) is 34.0 Å². The van der Waals surface area contributed by atoms with E-state index in [-0.39, 0.29) is 24.4 Å². The van der Waals surface area contributed by atoms with Gasteiger partial charge in [0.2, 0.25) is 0 Å². The Morgan fingerprint density at radius 1 is 1.45 bits per heavy atom. The number of rotatable bonds is 3. The van der Waals surface area contributed by atoms with Gasteiger partial charge in [-0.05, 0) is 50.4 Å². The van der Waals surface area contributed by atoms with Crippen LogP contribution in [0.1, 0.15) is 35.4 Å². The average Bonchev–Trinajstić information content (AvgIpc) is 3.04. The lowest BCUT2D eigenvalue weighted by Crippen LogP contribution is -2.39. The van der Waals surface area contributed by atoms with Gasteiger partial charge in [-0.15, -0.1) is 12.4 Å². The minimum Gasteiger partial charge on any atom is -0.451 e. The van der Waals surface area contributed by atoms with Crippen LogP contribution in [0.5, 0.6) is 0 Å². The highest BCUT2D eigenvalue weighted by Gasteiger charge is 2.29. The lowest BCUT2D eigenvalue weighted by Gasteiger charge is -2.18. The van der Waals surface area contributed by atoms with Crippen LogP contribution in [0.4, 0.5) is 0 Å². The van der Waals surface area contributed by atoms with Gasteiger partial charge < -0.3 is 15.5 Å². The number of nitrogens with two attached hydrogens (primary N) is 1. The van der Waals surface area contributed by atoms with Gasteiger partial charge in [0, 0.05) is 21.5 Å². The van der Waals surface area contributed by atoms with Gasteiger partial charge in [-0.3, -0.25) is 4.79 Å². The summed E-state index contributed by atoms with van der Waals surface area (Å²) in [6, 6.07) is 5.93. The molecule has 0 saturated heterocycles. The zero-order chi connectivity index (χ0) is 15.0. The molecule has 6 heteroatoms. The fraction of sp³-hybridized carbons (Fsp3) is 0.438. The summed E-state index contributed by atoms with van der Waals surface area (Å²) >= 11 is 3.44. The van der Waals surface area contributed by atoms with Crippen molar-refractivity contribution in [3.8, 4) is 0 Å². The number of halogens is 2. The minimum absolute atomic E-state index is 0. The molecular weight excluding hydrogens is 368 g/mol. The SMILES string of the molecule is Cc1c(C(=O)NC2CCCC2CN)oc2ccc(Br)cc12.Cl. The number of nitrogens with one attached hydrogen (secondary N) is 1. The smallest absolute Gasteiger partial charge is 0.287 e. The first-order valence-corrected chi connectivity index (χ1v) is 8.09. The van der Waals surface area contributed by atoms with E-state index in [2.05, 4.69) is 21.2 Å². The van der Waals surface area contributed by atoms with Gasteiger partial charge in [0.1, 0.15) is 5.58 Å². The Morgan fingerprint density at radius 2 is 2.23 bits per heavy atom. The minimum atomic E-state index is -0.134. The Balaban J connectivity index is 0.00000176. The number of amides is 1. The van der Waals surface area contributed by atoms with Crippen LogP contribution in [0.15, 0.2) is 27.1 Å². The Bertz CT molecular complexity index is 686. The number of carbonyl (C=O) groups is 1. The zero-order valence-electron chi connectivity index (χ0n) is 12.4. The third-order valence-electron chi connectivity index (χ3n) is 4.38. The van der Waals surface area contributed by atoms with Gasteiger partial charge in [-0.25, -0.2) is 0 Å². The lowest BCUT2D eigenvalue weighted by atomic mass is 10.0. The molecule has 3 rings (SSSR count). The van der Waals surface area contributed by atoms with Crippen LogP contribution in [0.2, 0.25) is 0 Å². The van der Waals surface area contributed by atoms with E-state index >= 15 is 0 Å². The van der Waals surface area contributed by atoms with Gasteiger partial charge in [0.25, 0.3) is 5.91 Å². The molecule has 120 valence electrons. The number of fused-ring (bicyclic) bond motifs is 1. The summed E-state index contributed by atoms with van der Waals surface area (Å²) in [5, 5.41) is 4.06. The molecule has 3 N–H and O–H groups in total. The van der Waals surface area contributed by atoms with Gasteiger partial charge in [0.05, 0.1) is 0 Å². The molecule has 1 aliphatic rings. The molecule has 0 aliphatic heterocycles. The van der Waals surface area contributed by atoms with Gasteiger partial charge >= 0.3 is 0 Å². The largest absolute Gasteiger partial charge is 0.451 e. The molecule has 2 atom stereocenters. The van der Waals surface area contributed by atoms with Crippen LogP contribution in [0, 0.1) is 12.8 Å². The topological polar surface area (TPSA) is 68.3 Å². The first-order chi connectivity index (χ1) is 10.1. The second kappa shape index (κ2) is 7.02. The van der Waals surface area contributed by atoms with Crippen LogP contribution >= 0.6 is 28.3 Å². The van der Waals surface area contributed by atoms with Gasteiger partial charge in [0.15, 0.2) is 5.76 Å².